The zero-order valence-electron chi connectivity index (χ0n) is 14.2. The number of aryl methyl sites for hydroxylation is 2. The van der Waals surface area contributed by atoms with E-state index in [1.807, 2.05) is 50.2 Å². The van der Waals surface area contributed by atoms with Crippen LogP contribution in [0.4, 0.5) is 5.69 Å². The molecule has 0 aliphatic heterocycles. The second-order valence-electron chi connectivity index (χ2n) is 5.69. The normalized spacial score (nSPS) is 10.3. The third kappa shape index (κ3) is 6.51. The summed E-state index contributed by atoms with van der Waals surface area (Å²) < 4.78 is 5.57. The van der Waals surface area contributed by atoms with Crippen LogP contribution in [0.15, 0.2) is 42.5 Å². The third-order valence-electron chi connectivity index (χ3n) is 3.39. The Balaban J connectivity index is 1.86. The van der Waals surface area contributed by atoms with E-state index in [2.05, 4.69) is 5.32 Å². The van der Waals surface area contributed by atoms with Crippen molar-refractivity contribution in [3.8, 4) is 5.75 Å². The van der Waals surface area contributed by atoms with Crippen molar-refractivity contribution in [3.63, 3.8) is 0 Å². The van der Waals surface area contributed by atoms with E-state index < -0.39 is 5.97 Å². The van der Waals surface area contributed by atoms with Crippen LogP contribution < -0.4 is 10.1 Å². The van der Waals surface area contributed by atoms with E-state index in [0.29, 0.717) is 17.2 Å². The van der Waals surface area contributed by atoms with Crippen molar-refractivity contribution < 1.29 is 19.4 Å². The van der Waals surface area contributed by atoms with Gasteiger partial charge in [-0.05, 0) is 43.2 Å². The molecule has 0 fully saturated rings. The van der Waals surface area contributed by atoms with E-state index in [4.69, 9.17) is 9.84 Å². The first kappa shape index (κ1) is 18.9. The molecule has 132 valence electrons. The van der Waals surface area contributed by atoms with Gasteiger partial charge in [0.15, 0.2) is 6.61 Å². The molecule has 2 aromatic rings. The van der Waals surface area contributed by atoms with Gasteiger partial charge < -0.3 is 15.2 Å². The summed E-state index contributed by atoms with van der Waals surface area (Å²) in [6, 6.07) is 13.2. The molecule has 2 N–H and O–H groups in total. The van der Waals surface area contributed by atoms with Crippen LogP contribution in [0.1, 0.15) is 16.7 Å². The number of thioether (sulfide) groups is 1. The van der Waals surface area contributed by atoms with Crippen molar-refractivity contribution in [2.24, 2.45) is 0 Å². The first-order chi connectivity index (χ1) is 11.9. The molecule has 5 nitrogen and oxygen atoms in total. The topological polar surface area (TPSA) is 75.6 Å². The van der Waals surface area contributed by atoms with Crippen molar-refractivity contribution in [1.82, 2.24) is 0 Å². The smallest absolute Gasteiger partial charge is 0.313 e. The Bertz CT molecular complexity index is 761. The van der Waals surface area contributed by atoms with Gasteiger partial charge in [-0.1, -0.05) is 29.8 Å². The van der Waals surface area contributed by atoms with Gasteiger partial charge in [0, 0.05) is 11.4 Å². The van der Waals surface area contributed by atoms with Crippen LogP contribution in [0.3, 0.4) is 0 Å². The molecule has 0 bridgehead atoms. The standard InChI is InChI=1S/C19H21NO4S/c1-13-6-7-17(14(2)8-13)24-10-18(21)20-16-5-3-4-15(9-16)11-25-12-19(22)23/h3-9H,10-12H2,1-2H3,(H,20,21)(H,22,23). The lowest BCUT2D eigenvalue weighted by Gasteiger charge is -2.11. The van der Waals surface area contributed by atoms with Crippen LogP contribution in [0.5, 0.6) is 5.75 Å². The Morgan fingerprint density at radius 2 is 1.96 bits per heavy atom. The van der Waals surface area contributed by atoms with Crippen LogP contribution in [-0.4, -0.2) is 29.3 Å². The number of carboxylic acids is 1. The van der Waals surface area contributed by atoms with Crippen molar-refractivity contribution in [1.29, 1.82) is 0 Å². The summed E-state index contributed by atoms with van der Waals surface area (Å²) in [7, 11) is 0. The van der Waals surface area contributed by atoms with Crippen LogP contribution in [0, 0.1) is 13.8 Å². The number of amides is 1. The summed E-state index contributed by atoms with van der Waals surface area (Å²) in [5.41, 5.74) is 3.76. The molecule has 0 aromatic heterocycles. The van der Waals surface area contributed by atoms with Crippen LogP contribution in [-0.2, 0) is 15.3 Å². The molecule has 0 aliphatic rings. The van der Waals surface area contributed by atoms with Crippen molar-refractivity contribution in [3.05, 3.63) is 59.2 Å². The largest absolute Gasteiger partial charge is 0.483 e. The van der Waals surface area contributed by atoms with E-state index in [-0.39, 0.29) is 18.3 Å². The van der Waals surface area contributed by atoms with Gasteiger partial charge in [0.1, 0.15) is 5.75 Å². The second kappa shape index (κ2) is 9.13. The highest BCUT2D eigenvalue weighted by atomic mass is 32.2. The molecule has 25 heavy (non-hydrogen) atoms. The molecule has 0 unspecified atom stereocenters. The van der Waals surface area contributed by atoms with Gasteiger partial charge >= 0.3 is 5.97 Å². The van der Waals surface area contributed by atoms with E-state index in [9.17, 15) is 9.59 Å². The molecule has 0 aliphatic carbocycles. The van der Waals surface area contributed by atoms with Crippen molar-refractivity contribution in [2.75, 3.05) is 17.7 Å². The summed E-state index contributed by atoms with van der Waals surface area (Å²) in [5, 5.41) is 11.5. The number of hydrogen-bond acceptors (Lipinski definition) is 4. The molecule has 0 saturated carbocycles. The van der Waals surface area contributed by atoms with Crippen LogP contribution in [0.25, 0.3) is 0 Å². The van der Waals surface area contributed by atoms with Gasteiger partial charge in [0.2, 0.25) is 0 Å². The zero-order valence-corrected chi connectivity index (χ0v) is 15.1. The van der Waals surface area contributed by atoms with Crippen LogP contribution in [0.2, 0.25) is 0 Å². The monoisotopic (exact) mass is 359 g/mol. The lowest BCUT2D eigenvalue weighted by molar-refractivity contribution is -0.133. The minimum Gasteiger partial charge on any atom is -0.483 e. The summed E-state index contributed by atoms with van der Waals surface area (Å²) in [6.45, 7) is 3.88. The predicted octanol–water partition coefficient (Wildman–Crippen LogP) is 3.64. The van der Waals surface area contributed by atoms with Crippen molar-refractivity contribution >= 4 is 29.3 Å². The minimum atomic E-state index is -0.835. The maximum absolute atomic E-state index is 12.1. The van der Waals surface area contributed by atoms with E-state index in [0.717, 1.165) is 16.7 Å². The first-order valence-electron chi connectivity index (χ1n) is 7.82. The number of hydrogen-bond donors (Lipinski definition) is 2. The summed E-state index contributed by atoms with van der Waals surface area (Å²) in [5.74, 6) is 0.253. The average molecular weight is 359 g/mol. The number of anilines is 1. The fraction of sp³-hybridized carbons (Fsp3) is 0.263. The summed E-state index contributed by atoms with van der Waals surface area (Å²) in [6.07, 6.45) is 0. The number of nitrogens with one attached hydrogen (secondary N) is 1. The summed E-state index contributed by atoms with van der Waals surface area (Å²) >= 11 is 1.32. The van der Waals surface area contributed by atoms with Gasteiger partial charge in [0.05, 0.1) is 5.75 Å². The Labute approximate surface area is 151 Å². The maximum atomic E-state index is 12.1. The molecule has 2 rings (SSSR count). The number of carboxylic acid groups (broad SMARTS) is 1. The van der Waals surface area contributed by atoms with Gasteiger partial charge in [0.25, 0.3) is 5.91 Å². The molecular formula is C19H21NO4S. The second-order valence-corrected chi connectivity index (χ2v) is 6.68. The number of aliphatic carboxylic acids is 1. The minimum absolute atomic E-state index is 0.0559. The third-order valence-corrected chi connectivity index (χ3v) is 4.38. The van der Waals surface area contributed by atoms with Gasteiger partial charge in [-0.25, -0.2) is 0 Å². The van der Waals surface area contributed by atoms with E-state index in [1.165, 1.54) is 11.8 Å². The molecule has 0 heterocycles. The Kier molecular flexibility index (Phi) is 6.89. The molecule has 2 aromatic carbocycles. The molecule has 0 atom stereocenters. The number of benzene rings is 2. The van der Waals surface area contributed by atoms with Gasteiger partial charge in [-0.2, -0.15) is 0 Å². The first-order valence-corrected chi connectivity index (χ1v) is 8.98. The molecule has 6 heteroatoms. The number of ether oxygens (including phenoxy) is 1. The molecule has 0 spiro atoms. The highest BCUT2D eigenvalue weighted by Gasteiger charge is 2.07. The van der Waals surface area contributed by atoms with E-state index in [1.54, 1.807) is 6.07 Å². The molecular weight excluding hydrogens is 338 g/mol. The highest BCUT2D eigenvalue weighted by molar-refractivity contribution is 7.99. The predicted molar refractivity (Wildman–Crippen MR) is 100 cm³/mol. The molecule has 0 radical (unpaired) electrons. The lowest BCUT2D eigenvalue weighted by Crippen LogP contribution is -2.20. The van der Waals surface area contributed by atoms with Crippen LogP contribution >= 0.6 is 11.8 Å². The Morgan fingerprint density at radius 1 is 1.16 bits per heavy atom. The fourth-order valence-corrected chi connectivity index (χ4v) is 2.99. The van der Waals surface area contributed by atoms with Crippen molar-refractivity contribution in [2.45, 2.75) is 19.6 Å². The van der Waals surface area contributed by atoms with E-state index >= 15 is 0 Å². The Morgan fingerprint density at radius 3 is 2.68 bits per heavy atom. The summed E-state index contributed by atoms with van der Waals surface area (Å²) in [4.78, 5) is 22.6. The number of carbonyl (C=O) groups is 2. The Hall–Kier alpha value is -2.47. The highest BCUT2D eigenvalue weighted by Crippen LogP contribution is 2.19. The van der Waals surface area contributed by atoms with Gasteiger partial charge in [-0.15, -0.1) is 11.8 Å². The maximum Gasteiger partial charge on any atom is 0.313 e. The fourth-order valence-electron chi connectivity index (χ4n) is 2.30. The van der Waals surface area contributed by atoms with Gasteiger partial charge in [-0.3, -0.25) is 9.59 Å². The zero-order chi connectivity index (χ0) is 18.2. The average Bonchev–Trinajstić information content (AvgIpc) is 2.54. The number of rotatable bonds is 8. The SMILES string of the molecule is Cc1ccc(OCC(=O)Nc2cccc(CSCC(=O)O)c2)c(C)c1. The molecule has 1 amide bonds. The number of carbonyl (C=O) groups excluding carboxylic acids is 1. The lowest BCUT2D eigenvalue weighted by atomic mass is 10.1. The quantitative estimate of drug-likeness (QED) is 0.753. The molecule has 0 saturated heterocycles.